The Bertz CT molecular complexity index is 2430. The molecule has 3 heterocycles. The van der Waals surface area contributed by atoms with Crippen molar-refractivity contribution in [2.75, 3.05) is 38.7 Å². The predicted molar refractivity (Wildman–Crippen MR) is 196 cm³/mol. The van der Waals surface area contributed by atoms with Crippen LogP contribution in [0.1, 0.15) is 35.3 Å². The van der Waals surface area contributed by atoms with Crippen molar-refractivity contribution < 1.29 is 36.6 Å². The summed E-state index contributed by atoms with van der Waals surface area (Å²) in [5.41, 5.74) is -2.06. The molecule has 54 heavy (non-hydrogen) atoms. The number of fused-ring (bicyclic) bond motifs is 2. The highest BCUT2D eigenvalue weighted by Crippen LogP contribution is 2.38. The number of carbonyl (C=O) groups is 1. The normalized spacial score (nSPS) is 13.4. The third-order valence-electron chi connectivity index (χ3n) is 8.98. The zero-order chi connectivity index (χ0) is 38.0. The van der Waals surface area contributed by atoms with E-state index in [1.807, 2.05) is 0 Å². The van der Waals surface area contributed by atoms with Gasteiger partial charge in [-0.3, -0.25) is 14.6 Å². The lowest BCUT2D eigenvalue weighted by molar-refractivity contribution is -0.137. The number of alkyl halides is 3. The maximum absolute atomic E-state index is 15.5. The van der Waals surface area contributed by atoms with Gasteiger partial charge in [-0.2, -0.15) is 18.3 Å². The quantitative estimate of drug-likeness (QED) is 0.103. The molecule has 1 aliphatic rings. The molecule has 0 atom stereocenters. The molecular weight excluding hydrogens is 730 g/mol. The van der Waals surface area contributed by atoms with Gasteiger partial charge in [0.2, 0.25) is 5.43 Å². The molecule has 1 aliphatic heterocycles. The van der Waals surface area contributed by atoms with Crippen LogP contribution in [0.25, 0.3) is 27.5 Å². The second-order valence-electron chi connectivity index (χ2n) is 12.6. The third-order valence-corrected chi connectivity index (χ3v) is 9.30. The molecule has 4 aromatic carbocycles. The number of anilines is 1. The Morgan fingerprint density at radius 2 is 1.72 bits per heavy atom. The van der Waals surface area contributed by atoms with Crippen molar-refractivity contribution in [3.8, 4) is 28.7 Å². The monoisotopic (exact) mass is 761 g/mol. The minimum absolute atomic E-state index is 0.00142. The van der Waals surface area contributed by atoms with Crippen LogP contribution in [0.3, 0.4) is 0 Å². The minimum atomic E-state index is -4.70. The van der Waals surface area contributed by atoms with E-state index >= 15 is 4.39 Å². The number of aromatic nitrogens is 3. The van der Waals surface area contributed by atoms with E-state index in [0.29, 0.717) is 29.0 Å². The summed E-state index contributed by atoms with van der Waals surface area (Å²) in [5.74, 6) is -0.792. The first-order chi connectivity index (χ1) is 26.0. The maximum atomic E-state index is 15.5. The number of amides is 1. The molecule has 278 valence electrons. The summed E-state index contributed by atoms with van der Waals surface area (Å²) < 4.78 is 74.8. The average Bonchev–Trinajstić information content (AvgIpc) is 3.68. The van der Waals surface area contributed by atoms with Crippen LogP contribution < -0.4 is 25.0 Å². The van der Waals surface area contributed by atoms with Crippen molar-refractivity contribution in [3.63, 3.8) is 0 Å². The molecule has 0 bridgehead atoms. The zero-order valence-electron chi connectivity index (χ0n) is 28.8. The molecular formula is C39H32ClF4N5O5. The van der Waals surface area contributed by atoms with Gasteiger partial charge in [0, 0.05) is 35.9 Å². The highest BCUT2D eigenvalue weighted by molar-refractivity contribution is 6.32. The SMILES string of the molecule is COc1cc2c(Oc3ccc(NC(=O)c4nn(-c5cc(C(F)(F)F)ccc5Cl)c5ccccc5c4=O)cc3F)ccnc2cc1OCCCN1CCCC1. The van der Waals surface area contributed by atoms with E-state index in [1.54, 1.807) is 24.3 Å². The fourth-order valence-corrected chi connectivity index (χ4v) is 6.49. The van der Waals surface area contributed by atoms with E-state index in [0.717, 1.165) is 55.0 Å². The van der Waals surface area contributed by atoms with Crippen LogP contribution in [0.2, 0.25) is 5.02 Å². The van der Waals surface area contributed by atoms with Gasteiger partial charge < -0.3 is 24.4 Å². The highest BCUT2D eigenvalue weighted by Gasteiger charge is 2.32. The van der Waals surface area contributed by atoms with Crippen LogP contribution in [0, 0.1) is 5.82 Å². The Kier molecular flexibility index (Phi) is 10.4. The van der Waals surface area contributed by atoms with Crippen LogP contribution in [-0.2, 0) is 6.18 Å². The van der Waals surface area contributed by atoms with E-state index in [-0.39, 0.29) is 38.8 Å². The van der Waals surface area contributed by atoms with Crippen LogP contribution in [0.4, 0.5) is 23.2 Å². The molecule has 0 spiro atoms. The summed E-state index contributed by atoms with van der Waals surface area (Å²) in [6.07, 6.45) is 0.126. The number of halogens is 5. The lowest BCUT2D eigenvalue weighted by atomic mass is 10.1. The highest BCUT2D eigenvalue weighted by atomic mass is 35.5. The number of pyridine rings is 1. The van der Waals surface area contributed by atoms with Gasteiger partial charge in [-0.15, -0.1) is 0 Å². The second kappa shape index (κ2) is 15.3. The third kappa shape index (κ3) is 7.66. The van der Waals surface area contributed by atoms with Gasteiger partial charge in [-0.1, -0.05) is 23.7 Å². The molecule has 2 aromatic heterocycles. The lowest BCUT2D eigenvalue weighted by Crippen LogP contribution is -2.27. The molecule has 15 heteroatoms. The standard InChI is InChI=1S/C39H32ClF4N5O5/c1-52-34-21-26-29(22-35(34)53-18-6-17-48-15-4-5-16-48)45-14-13-32(26)54-33-12-10-24(20-28(33)41)46-38(51)36-37(50)25-7-2-3-8-30(25)49(47-36)31-19-23(39(42,43)44)9-11-27(31)40/h2-3,7-14,19-22H,4-6,15-18H2,1H3,(H,46,51). The maximum Gasteiger partial charge on any atom is 0.416 e. The summed E-state index contributed by atoms with van der Waals surface area (Å²) in [5, 5.41) is 7.00. The summed E-state index contributed by atoms with van der Waals surface area (Å²) in [6.45, 7) is 3.68. The molecule has 1 saturated heterocycles. The Balaban J connectivity index is 1.12. The number of para-hydroxylation sites is 1. The molecule has 1 fully saturated rings. The van der Waals surface area contributed by atoms with Crippen LogP contribution in [0.15, 0.2) is 89.9 Å². The van der Waals surface area contributed by atoms with Gasteiger partial charge in [-0.25, -0.2) is 9.07 Å². The van der Waals surface area contributed by atoms with E-state index in [2.05, 4.69) is 20.3 Å². The van der Waals surface area contributed by atoms with Crippen molar-refractivity contribution in [2.24, 2.45) is 0 Å². The average molecular weight is 762 g/mol. The summed E-state index contributed by atoms with van der Waals surface area (Å²) >= 11 is 6.29. The number of carbonyl (C=O) groups excluding carboxylic acids is 1. The number of ether oxygens (including phenoxy) is 3. The number of nitrogens with one attached hydrogen (secondary N) is 1. The molecule has 1 amide bonds. The smallest absolute Gasteiger partial charge is 0.416 e. The fourth-order valence-electron chi connectivity index (χ4n) is 6.30. The Morgan fingerprint density at radius 3 is 2.48 bits per heavy atom. The zero-order valence-corrected chi connectivity index (χ0v) is 29.5. The molecule has 7 rings (SSSR count). The van der Waals surface area contributed by atoms with Gasteiger partial charge >= 0.3 is 6.18 Å². The van der Waals surface area contributed by atoms with Gasteiger partial charge in [0.25, 0.3) is 5.91 Å². The van der Waals surface area contributed by atoms with Crippen molar-refractivity contribution in [3.05, 3.63) is 117 Å². The lowest BCUT2D eigenvalue weighted by Gasteiger charge is -2.16. The topological polar surface area (TPSA) is 108 Å². The van der Waals surface area contributed by atoms with E-state index < -0.39 is 34.6 Å². The molecule has 1 N–H and O–H groups in total. The largest absolute Gasteiger partial charge is 0.493 e. The number of hydrogen-bond acceptors (Lipinski definition) is 8. The number of rotatable bonds is 11. The molecule has 0 saturated carbocycles. The number of likely N-dealkylation sites (tertiary alicyclic amines) is 1. The molecule has 0 radical (unpaired) electrons. The first kappa shape index (κ1) is 36.6. The van der Waals surface area contributed by atoms with Crippen molar-refractivity contribution in [2.45, 2.75) is 25.4 Å². The van der Waals surface area contributed by atoms with Gasteiger partial charge in [0.05, 0.1) is 46.4 Å². The minimum Gasteiger partial charge on any atom is -0.493 e. The van der Waals surface area contributed by atoms with Crippen molar-refractivity contribution in [1.29, 1.82) is 0 Å². The Morgan fingerprint density at radius 1 is 0.926 bits per heavy atom. The molecule has 10 nitrogen and oxygen atoms in total. The molecule has 6 aromatic rings. The van der Waals surface area contributed by atoms with Crippen LogP contribution in [0.5, 0.6) is 23.0 Å². The second-order valence-corrected chi connectivity index (χ2v) is 13.0. The van der Waals surface area contributed by atoms with E-state index in [4.69, 9.17) is 25.8 Å². The first-order valence-corrected chi connectivity index (χ1v) is 17.4. The number of hydrogen-bond donors (Lipinski definition) is 1. The van der Waals surface area contributed by atoms with Crippen molar-refractivity contribution >= 4 is 45.0 Å². The van der Waals surface area contributed by atoms with Crippen LogP contribution >= 0.6 is 11.6 Å². The Labute approximate surface area is 310 Å². The molecule has 0 aliphatic carbocycles. The number of benzene rings is 4. The van der Waals surface area contributed by atoms with Gasteiger partial charge in [0.15, 0.2) is 28.8 Å². The Hall–Kier alpha value is -5.73. The fraction of sp³-hybridized carbons (Fsp3) is 0.231. The predicted octanol–water partition coefficient (Wildman–Crippen LogP) is 8.66. The van der Waals surface area contributed by atoms with Gasteiger partial charge in [0.1, 0.15) is 5.75 Å². The molecule has 0 unspecified atom stereocenters. The van der Waals surface area contributed by atoms with Gasteiger partial charge in [-0.05, 0) is 86.9 Å². The summed E-state index contributed by atoms with van der Waals surface area (Å²) in [7, 11) is 1.52. The first-order valence-electron chi connectivity index (χ1n) is 17.0. The number of methoxy groups -OCH3 is 1. The van der Waals surface area contributed by atoms with E-state index in [9.17, 15) is 22.8 Å². The van der Waals surface area contributed by atoms with Crippen LogP contribution in [-0.4, -0.2) is 58.9 Å². The summed E-state index contributed by atoms with van der Waals surface area (Å²) in [4.78, 5) is 33.7. The van der Waals surface area contributed by atoms with Crippen molar-refractivity contribution in [1.82, 2.24) is 19.7 Å². The summed E-state index contributed by atoms with van der Waals surface area (Å²) in [6, 6.07) is 17.2. The number of nitrogens with zero attached hydrogens (tertiary/aromatic N) is 4. The van der Waals surface area contributed by atoms with E-state index in [1.165, 1.54) is 56.5 Å².